The van der Waals surface area contributed by atoms with Crippen LogP contribution in [0.5, 0.6) is 5.75 Å². The second-order valence-electron chi connectivity index (χ2n) is 6.29. The zero-order chi connectivity index (χ0) is 19.5. The summed E-state index contributed by atoms with van der Waals surface area (Å²) in [5.74, 6) is 1.34. The van der Waals surface area contributed by atoms with Gasteiger partial charge in [0, 0.05) is 41.1 Å². The molecule has 7 nitrogen and oxygen atoms in total. The Balaban J connectivity index is 1.45. The minimum atomic E-state index is -0.326. The van der Waals surface area contributed by atoms with E-state index in [4.69, 9.17) is 4.74 Å². The molecule has 7 heteroatoms. The fourth-order valence-corrected chi connectivity index (χ4v) is 2.82. The number of anilines is 2. The van der Waals surface area contributed by atoms with Gasteiger partial charge in [-0.1, -0.05) is 18.2 Å². The average Bonchev–Trinajstić information content (AvgIpc) is 3.11. The number of ether oxygens (including phenoxy) is 1. The number of hydrogen-bond acceptors (Lipinski definition) is 4. The fourth-order valence-electron chi connectivity index (χ4n) is 2.82. The molecular formula is C21H19N5O2. The molecule has 2 aromatic carbocycles. The highest BCUT2D eigenvalue weighted by Crippen LogP contribution is 2.21. The SMILES string of the molecule is COc1cccc(NC(=O)Nc2ccc(-c3cn4ccc(C)nc4n3)cc2)c1. The molecule has 0 aliphatic rings. The maximum atomic E-state index is 12.2. The molecule has 2 N–H and O–H groups in total. The van der Waals surface area contributed by atoms with Crippen molar-refractivity contribution in [3.8, 4) is 17.0 Å². The summed E-state index contributed by atoms with van der Waals surface area (Å²) in [5, 5.41) is 5.59. The van der Waals surface area contributed by atoms with Crippen molar-refractivity contribution in [2.24, 2.45) is 0 Å². The number of urea groups is 1. The number of methoxy groups -OCH3 is 1. The molecule has 0 spiro atoms. The number of hydrogen-bond donors (Lipinski definition) is 2. The first-order chi connectivity index (χ1) is 13.6. The molecule has 0 saturated heterocycles. The molecular weight excluding hydrogens is 354 g/mol. The largest absolute Gasteiger partial charge is 0.497 e. The Morgan fingerprint density at radius 1 is 1.00 bits per heavy atom. The molecule has 0 radical (unpaired) electrons. The molecule has 2 aromatic heterocycles. The summed E-state index contributed by atoms with van der Waals surface area (Å²) < 4.78 is 7.04. The Bertz CT molecular complexity index is 1140. The van der Waals surface area contributed by atoms with Crippen LogP contribution in [-0.4, -0.2) is 27.5 Å². The number of fused-ring (bicyclic) bond motifs is 1. The number of imidazole rings is 1. The van der Waals surface area contributed by atoms with Crippen LogP contribution in [0.2, 0.25) is 0 Å². The van der Waals surface area contributed by atoms with E-state index in [1.165, 1.54) is 0 Å². The number of amides is 2. The zero-order valence-electron chi connectivity index (χ0n) is 15.5. The quantitative estimate of drug-likeness (QED) is 0.557. The van der Waals surface area contributed by atoms with Crippen LogP contribution in [0.25, 0.3) is 17.0 Å². The van der Waals surface area contributed by atoms with Gasteiger partial charge < -0.3 is 15.4 Å². The lowest BCUT2D eigenvalue weighted by Crippen LogP contribution is -2.19. The molecule has 0 aliphatic carbocycles. The number of benzene rings is 2. The van der Waals surface area contributed by atoms with Gasteiger partial charge in [0.05, 0.1) is 12.8 Å². The zero-order valence-corrected chi connectivity index (χ0v) is 15.5. The summed E-state index contributed by atoms with van der Waals surface area (Å²) >= 11 is 0. The Morgan fingerprint density at radius 2 is 1.79 bits per heavy atom. The van der Waals surface area contributed by atoms with E-state index in [1.54, 1.807) is 19.2 Å². The van der Waals surface area contributed by atoms with E-state index < -0.39 is 0 Å². The van der Waals surface area contributed by atoms with Crippen LogP contribution in [0.1, 0.15) is 5.69 Å². The summed E-state index contributed by atoms with van der Waals surface area (Å²) in [7, 11) is 1.58. The first-order valence-electron chi connectivity index (χ1n) is 8.75. The van der Waals surface area contributed by atoms with Crippen LogP contribution in [0.3, 0.4) is 0 Å². The summed E-state index contributed by atoms with van der Waals surface area (Å²) in [6.45, 7) is 1.94. The molecule has 0 unspecified atom stereocenters. The van der Waals surface area contributed by atoms with Gasteiger partial charge in [-0.15, -0.1) is 0 Å². The van der Waals surface area contributed by atoms with Crippen molar-refractivity contribution < 1.29 is 9.53 Å². The number of aryl methyl sites for hydroxylation is 1. The van der Waals surface area contributed by atoms with Crippen molar-refractivity contribution >= 4 is 23.2 Å². The predicted octanol–water partition coefficient (Wildman–Crippen LogP) is 4.36. The molecule has 0 fully saturated rings. The lowest BCUT2D eigenvalue weighted by Gasteiger charge is -2.09. The van der Waals surface area contributed by atoms with Gasteiger partial charge in [0.2, 0.25) is 5.78 Å². The number of nitrogens with zero attached hydrogens (tertiary/aromatic N) is 3. The van der Waals surface area contributed by atoms with Crippen LogP contribution in [0.15, 0.2) is 67.0 Å². The molecule has 4 aromatic rings. The van der Waals surface area contributed by atoms with Gasteiger partial charge >= 0.3 is 6.03 Å². The van der Waals surface area contributed by atoms with Gasteiger partial charge in [-0.25, -0.2) is 14.8 Å². The van der Waals surface area contributed by atoms with Crippen molar-refractivity contribution in [3.05, 3.63) is 72.7 Å². The van der Waals surface area contributed by atoms with E-state index in [-0.39, 0.29) is 6.03 Å². The second-order valence-corrected chi connectivity index (χ2v) is 6.29. The number of rotatable bonds is 4. The molecule has 0 atom stereocenters. The summed E-state index contributed by atoms with van der Waals surface area (Å²) in [6, 6.07) is 16.3. The highest BCUT2D eigenvalue weighted by atomic mass is 16.5. The second kappa shape index (κ2) is 7.40. The number of aromatic nitrogens is 3. The van der Waals surface area contributed by atoms with Gasteiger partial charge in [0.15, 0.2) is 0 Å². The van der Waals surface area contributed by atoms with E-state index >= 15 is 0 Å². The molecule has 0 aliphatic heterocycles. The Labute approximate surface area is 162 Å². The molecule has 2 heterocycles. The molecule has 4 rings (SSSR count). The van der Waals surface area contributed by atoms with Crippen molar-refractivity contribution in [1.29, 1.82) is 0 Å². The van der Waals surface area contributed by atoms with Crippen LogP contribution < -0.4 is 15.4 Å². The van der Waals surface area contributed by atoms with Crippen molar-refractivity contribution in [2.75, 3.05) is 17.7 Å². The van der Waals surface area contributed by atoms with E-state index in [1.807, 2.05) is 66.2 Å². The molecule has 0 bridgehead atoms. The average molecular weight is 373 g/mol. The Kier molecular flexibility index (Phi) is 4.63. The predicted molar refractivity (Wildman–Crippen MR) is 109 cm³/mol. The topological polar surface area (TPSA) is 80.5 Å². The minimum Gasteiger partial charge on any atom is -0.497 e. The minimum absolute atomic E-state index is 0.326. The summed E-state index contributed by atoms with van der Waals surface area (Å²) in [4.78, 5) is 21.2. The molecule has 140 valence electrons. The van der Waals surface area contributed by atoms with Crippen LogP contribution in [0, 0.1) is 6.92 Å². The molecule has 0 saturated carbocycles. The first-order valence-corrected chi connectivity index (χ1v) is 8.75. The summed E-state index contributed by atoms with van der Waals surface area (Å²) in [6.07, 6.45) is 3.87. The smallest absolute Gasteiger partial charge is 0.323 e. The van der Waals surface area contributed by atoms with Crippen molar-refractivity contribution in [2.45, 2.75) is 6.92 Å². The van der Waals surface area contributed by atoms with Crippen molar-refractivity contribution in [3.63, 3.8) is 0 Å². The van der Waals surface area contributed by atoms with E-state index in [9.17, 15) is 4.79 Å². The van der Waals surface area contributed by atoms with E-state index in [0.29, 0.717) is 22.9 Å². The number of nitrogens with one attached hydrogen (secondary N) is 2. The van der Waals surface area contributed by atoms with E-state index in [0.717, 1.165) is 17.0 Å². The van der Waals surface area contributed by atoms with Crippen LogP contribution in [-0.2, 0) is 0 Å². The Morgan fingerprint density at radius 3 is 2.57 bits per heavy atom. The lowest BCUT2D eigenvalue weighted by molar-refractivity contribution is 0.262. The number of carbonyl (C=O) groups is 1. The first kappa shape index (κ1) is 17.5. The lowest BCUT2D eigenvalue weighted by atomic mass is 10.1. The van der Waals surface area contributed by atoms with Crippen LogP contribution >= 0.6 is 0 Å². The molecule has 28 heavy (non-hydrogen) atoms. The Hall–Kier alpha value is -3.87. The van der Waals surface area contributed by atoms with Crippen LogP contribution in [0.4, 0.5) is 16.2 Å². The van der Waals surface area contributed by atoms with E-state index in [2.05, 4.69) is 20.6 Å². The van der Waals surface area contributed by atoms with Gasteiger partial charge in [-0.3, -0.25) is 4.40 Å². The standard InChI is InChI=1S/C21H19N5O2/c1-14-10-11-26-13-19(25-20(26)22-14)15-6-8-16(9-7-15)23-21(27)24-17-4-3-5-18(12-17)28-2/h3-13H,1-2H3,(H2,23,24,27). The monoisotopic (exact) mass is 373 g/mol. The third-order valence-electron chi connectivity index (χ3n) is 4.23. The van der Waals surface area contributed by atoms with Gasteiger partial charge in [-0.05, 0) is 37.3 Å². The van der Waals surface area contributed by atoms with Gasteiger partial charge in [0.25, 0.3) is 0 Å². The highest BCUT2D eigenvalue weighted by molar-refractivity contribution is 5.99. The maximum absolute atomic E-state index is 12.2. The van der Waals surface area contributed by atoms with Gasteiger partial charge in [-0.2, -0.15) is 0 Å². The fraction of sp³-hybridized carbons (Fsp3) is 0.0952. The van der Waals surface area contributed by atoms with Gasteiger partial charge in [0.1, 0.15) is 5.75 Å². The molecule has 2 amide bonds. The third kappa shape index (κ3) is 3.78. The van der Waals surface area contributed by atoms with Crippen molar-refractivity contribution in [1.82, 2.24) is 14.4 Å². The normalized spacial score (nSPS) is 10.6. The third-order valence-corrected chi connectivity index (χ3v) is 4.23. The highest BCUT2D eigenvalue weighted by Gasteiger charge is 2.07. The number of carbonyl (C=O) groups excluding carboxylic acids is 1. The summed E-state index contributed by atoms with van der Waals surface area (Å²) in [5.41, 5.74) is 4.03. The maximum Gasteiger partial charge on any atom is 0.323 e.